The van der Waals surface area contributed by atoms with Crippen molar-refractivity contribution in [2.24, 2.45) is 5.73 Å². The zero-order valence-electron chi connectivity index (χ0n) is 17.1. The summed E-state index contributed by atoms with van der Waals surface area (Å²) in [4.78, 5) is 27.2. The van der Waals surface area contributed by atoms with E-state index in [2.05, 4.69) is 34.2 Å². The normalized spacial score (nSPS) is 9.85. The summed E-state index contributed by atoms with van der Waals surface area (Å²) in [5.74, 6) is -1.21. The first kappa shape index (κ1) is 31.5. The monoisotopic (exact) mass is 506 g/mol. The molecule has 4 aromatic rings. The molecule has 33 heavy (non-hydrogen) atoms. The van der Waals surface area contributed by atoms with Crippen molar-refractivity contribution in [2.75, 3.05) is 0 Å². The van der Waals surface area contributed by atoms with Crippen LogP contribution in [-0.4, -0.2) is 32.5 Å². The summed E-state index contributed by atoms with van der Waals surface area (Å²) in [6.45, 7) is 0. The van der Waals surface area contributed by atoms with Crippen molar-refractivity contribution in [2.45, 2.75) is 12.5 Å². The maximum atomic E-state index is 10.3. The van der Waals surface area contributed by atoms with Gasteiger partial charge < -0.3 is 41.9 Å². The fourth-order valence-electron chi connectivity index (χ4n) is 2.63. The van der Waals surface area contributed by atoms with Crippen LogP contribution in [-0.2, 0) is 33.8 Å². The third kappa shape index (κ3) is 10.5. The number of nitrogens with zero attached hydrogens (tertiary/aromatic N) is 3. The van der Waals surface area contributed by atoms with Crippen LogP contribution in [0.25, 0.3) is 21.8 Å². The van der Waals surface area contributed by atoms with Gasteiger partial charge in [0.15, 0.2) is 0 Å². The van der Waals surface area contributed by atoms with Crippen LogP contribution >= 0.6 is 0 Å². The number of fused-ring (bicyclic) bond motifs is 3. The predicted molar refractivity (Wildman–Crippen MR) is 119 cm³/mol. The summed E-state index contributed by atoms with van der Waals surface area (Å²) in [6, 6.07) is 20.5. The number of hydrogen-bond donors (Lipinski definition) is 1. The van der Waals surface area contributed by atoms with Crippen LogP contribution in [0.2, 0.25) is 0 Å². The number of rotatable bonds is 3. The average molecular weight is 507 g/mol. The molecule has 4 rings (SSSR count). The van der Waals surface area contributed by atoms with Crippen molar-refractivity contribution in [3.63, 3.8) is 0 Å². The molecule has 179 valence electrons. The van der Waals surface area contributed by atoms with Crippen molar-refractivity contribution < 1.29 is 43.0 Å². The topological polar surface area (TPSA) is 223 Å². The van der Waals surface area contributed by atoms with Crippen LogP contribution in [0.5, 0.6) is 0 Å². The van der Waals surface area contributed by atoms with Gasteiger partial charge in [0.2, 0.25) is 0 Å². The van der Waals surface area contributed by atoms with E-state index in [0.717, 1.165) is 27.4 Å². The number of pyridine rings is 2. The third-order valence-corrected chi connectivity index (χ3v) is 3.95. The third-order valence-electron chi connectivity index (χ3n) is 3.95. The summed E-state index contributed by atoms with van der Waals surface area (Å²) < 4.78 is 0. The number of nitrogens with two attached hydrogens (primary N) is 1. The number of benzene rings is 2. The largest absolute Gasteiger partial charge is 2.00 e. The summed E-state index contributed by atoms with van der Waals surface area (Å²) in [6.07, 6.45) is 3.93. The Labute approximate surface area is 199 Å². The zero-order valence-corrected chi connectivity index (χ0v) is 18.1. The van der Waals surface area contributed by atoms with Crippen molar-refractivity contribution >= 4 is 27.8 Å². The Hall–Kier alpha value is -3.67. The van der Waals surface area contributed by atoms with Crippen LogP contribution in [0, 0.1) is 15.3 Å². The Bertz CT molecular complexity index is 1070. The van der Waals surface area contributed by atoms with Gasteiger partial charge in [0.05, 0.1) is 22.1 Å². The van der Waals surface area contributed by atoms with Crippen LogP contribution in [0.1, 0.15) is 5.56 Å². The molecule has 0 fully saturated rings. The number of aromatic nitrogens is 2. The average Bonchev–Trinajstić information content (AvgIpc) is 2.74. The minimum Gasteiger partial charge on any atom is -0.548 e. The number of carbonyl (C=O) groups is 1. The molecule has 0 saturated heterocycles. The molecule has 0 aliphatic rings. The van der Waals surface area contributed by atoms with E-state index in [1.54, 1.807) is 12.4 Å². The first-order valence-electron chi connectivity index (χ1n) is 8.79. The fraction of sp³-hybridized carbons (Fsp3) is 0.0952. The molecule has 0 aliphatic carbocycles. The molecule has 2 aromatic heterocycles. The molecular weight excluding hydrogens is 484 g/mol. The van der Waals surface area contributed by atoms with Gasteiger partial charge in [-0.25, -0.2) is 0 Å². The fourth-order valence-corrected chi connectivity index (χ4v) is 2.63. The smallest absolute Gasteiger partial charge is 0.548 e. The summed E-state index contributed by atoms with van der Waals surface area (Å²) in [5, 5.41) is 27.3. The van der Waals surface area contributed by atoms with Crippen LogP contribution < -0.4 is 10.8 Å². The van der Waals surface area contributed by atoms with Gasteiger partial charge in [-0.3, -0.25) is 9.97 Å². The van der Waals surface area contributed by atoms with E-state index in [4.69, 9.17) is 21.1 Å². The maximum Gasteiger partial charge on any atom is 2.00 e. The van der Waals surface area contributed by atoms with Gasteiger partial charge in [0.1, 0.15) is 0 Å². The molecule has 0 amide bonds. The Balaban J connectivity index is 0. The molecule has 11 nitrogen and oxygen atoms in total. The van der Waals surface area contributed by atoms with Crippen molar-refractivity contribution in [1.82, 2.24) is 9.97 Å². The van der Waals surface area contributed by atoms with E-state index in [-0.39, 0.29) is 28.0 Å². The Morgan fingerprint density at radius 3 is 1.70 bits per heavy atom. The molecular formula is C21H23CuN4O7+. The molecule has 0 saturated carbocycles. The Morgan fingerprint density at radius 2 is 1.30 bits per heavy atom. The van der Waals surface area contributed by atoms with Crippen molar-refractivity contribution in [3.05, 3.63) is 100 Å². The van der Waals surface area contributed by atoms with Gasteiger partial charge in [-0.15, -0.1) is 0 Å². The standard InChI is InChI=1S/C12H8N2.C9H11NO2.Cu.NO3.2H2O/c1-3-9-5-6-10-4-2-8-14-12(10)11(9)13-7-1;10-8(9(11)12)6-7-4-2-1-3-5-7;;2-1(3)4;;/h1-8H;1-5,8H,6,10H2,(H,11,12);;;2*1H2/q;;+2;-1;;/t;8-;;;;/m.0..../s1. The molecule has 7 N–H and O–H groups in total. The summed E-state index contributed by atoms with van der Waals surface area (Å²) in [5.41, 5.74) is 8.15. The molecule has 1 radical (unpaired) electrons. The van der Waals surface area contributed by atoms with E-state index in [1.807, 2.05) is 42.5 Å². The number of aliphatic carboxylic acids is 1. The second-order valence-electron chi connectivity index (χ2n) is 6.05. The van der Waals surface area contributed by atoms with Gasteiger partial charge in [-0.05, 0) is 24.1 Å². The van der Waals surface area contributed by atoms with Gasteiger partial charge in [0.25, 0.3) is 0 Å². The molecule has 0 unspecified atom stereocenters. The number of hydrogen-bond acceptors (Lipinski definition) is 8. The van der Waals surface area contributed by atoms with Gasteiger partial charge in [-0.2, -0.15) is 0 Å². The molecule has 0 spiro atoms. The quantitative estimate of drug-likeness (QED) is 0.131. The maximum absolute atomic E-state index is 10.3. The second kappa shape index (κ2) is 16.0. The molecule has 0 bridgehead atoms. The number of carbonyl (C=O) groups excluding carboxylic acids is 1. The van der Waals surface area contributed by atoms with E-state index in [0.29, 0.717) is 6.42 Å². The first-order valence-corrected chi connectivity index (χ1v) is 8.79. The molecule has 2 aromatic carbocycles. The number of carboxylic acids is 1. The first-order chi connectivity index (χ1) is 14.4. The SMILES string of the molecule is N[C@@H](Cc1ccccc1)C(=O)[O-].O.O=[N+]([O-])[O-].[Cu+2].[OH3+].c1cnc2c(c1)ccc1cccnc12. The minimum atomic E-state index is -1.75. The Morgan fingerprint density at radius 1 is 0.879 bits per heavy atom. The predicted octanol–water partition coefficient (Wildman–Crippen LogP) is 0.101. The van der Waals surface area contributed by atoms with Crippen molar-refractivity contribution in [1.29, 1.82) is 0 Å². The van der Waals surface area contributed by atoms with Crippen LogP contribution in [0.4, 0.5) is 0 Å². The van der Waals surface area contributed by atoms with E-state index < -0.39 is 17.1 Å². The minimum absolute atomic E-state index is 0. The molecule has 12 heteroatoms. The van der Waals surface area contributed by atoms with E-state index in [9.17, 15) is 9.90 Å². The molecule has 0 aliphatic heterocycles. The summed E-state index contributed by atoms with van der Waals surface area (Å²) >= 11 is 0. The van der Waals surface area contributed by atoms with Crippen LogP contribution in [0.15, 0.2) is 79.1 Å². The number of carboxylic acid groups (broad SMARTS) is 1. The zero-order chi connectivity index (χ0) is 21.9. The molecule has 1 atom stereocenters. The van der Waals surface area contributed by atoms with Gasteiger partial charge in [0, 0.05) is 29.2 Å². The Kier molecular flexibility index (Phi) is 15.3. The van der Waals surface area contributed by atoms with Crippen molar-refractivity contribution in [3.8, 4) is 0 Å². The van der Waals surface area contributed by atoms with Crippen LogP contribution in [0.3, 0.4) is 0 Å². The molecule has 2 heterocycles. The van der Waals surface area contributed by atoms with E-state index in [1.165, 1.54) is 0 Å². The van der Waals surface area contributed by atoms with E-state index >= 15 is 0 Å². The summed E-state index contributed by atoms with van der Waals surface area (Å²) in [7, 11) is 0. The van der Waals surface area contributed by atoms with Gasteiger partial charge >= 0.3 is 17.1 Å². The second-order valence-corrected chi connectivity index (χ2v) is 6.05. The van der Waals surface area contributed by atoms with Gasteiger partial charge in [-0.1, -0.05) is 54.6 Å².